The van der Waals surface area contributed by atoms with Gasteiger partial charge in [0.05, 0.1) is 31.1 Å². The molecule has 0 bridgehead atoms. The van der Waals surface area contributed by atoms with Crippen molar-refractivity contribution >= 4 is 40.1 Å². The Bertz CT molecular complexity index is 1000. The number of amides is 1. The number of esters is 1. The van der Waals surface area contributed by atoms with E-state index >= 15 is 0 Å². The van der Waals surface area contributed by atoms with Crippen LogP contribution in [0.3, 0.4) is 0 Å². The smallest absolute Gasteiger partial charge is 0.345 e. The summed E-state index contributed by atoms with van der Waals surface area (Å²) in [5.74, 6) is -0.285. The van der Waals surface area contributed by atoms with Crippen LogP contribution in [0.1, 0.15) is 24.2 Å². The van der Waals surface area contributed by atoms with E-state index in [1.165, 1.54) is 20.4 Å². The van der Waals surface area contributed by atoms with E-state index in [9.17, 15) is 9.59 Å². The summed E-state index contributed by atoms with van der Waals surface area (Å²) in [6.45, 7) is 3.17. The summed E-state index contributed by atoms with van der Waals surface area (Å²) < 4.78 is 10.5. The number of rotatable bonds is 6. The zero-order valence-corrected chi connectivity index (χ0v) is 15.0. The van der Waals surface area contributed by atoms with E-state index < -0.39 is 5.97 Å². The summed E-state index contributed by atoms with van der Waals surface area (Å²) in [4.78, 5) is 32.0. The molecule has 3 aromatic rings. The van der Waals surface area contributed by atoms with Gasteiger partial charge in [-0.3, -0.25) is 9.89 Å². The third kappa shape index (κ3) is 3.78. The molecular weight excluding hydrogens is 352 g/mol. The lowest BCUT2D eigenvalue weighted by molar-refractivity contribution is -0.114. The molecule has 10 heteroatoms. The van der Waals surface area contributed by atoms with E-state index in [1.54, 1.807) is 25.3 Å². The van der Waals surface area contributed by atoms with Crippen LogP contribution in [0.2, 0.25) is 0 Å². The maximum absolute atomic E-state index is 12.4. The Kier molecular flexibility index (Phi) is 5.15. The SMILES string of the molecule is CCOC(=O)c1c(NC(C)=O)ncnc1Nc1cc2cn[nH]c2cc1OC. The van der Waals surface area contributed by atoms with Crippen LogP contribution in [-0.2, 0) is 9.53 Å². The van der Waals surface area contributed by atoms with Gasteiger partial charge < -0.3 is 20.1 Å². The number of hydrogen-bond donors (Lipinski definition) is 3. The van der Waals surface area contributed by atoms with Gasteiger partial charge in [0.2, 0.25) is 5.91 Å². The monoisotopic (exact) mass is 370 g/mol. The normalized spacial score (nSPS) is 10.5. The highest BCUT2D eigenvalue weighted by Gasteiger charge is 2.22. The second-order valence-corrected chi connectivity index (χ2v) is 5.48. The molecule has 0 saturated carbocycles. The van der Waals surface area contributed by atoms with Crippen molar-refractivity contribution in [2.45, 2.75) is 13.8 Å². The number of nitrogens with one attached hydrogen (secondary N) is 3. The van der Waals surface area contributed by atoms with E-state index in [0.717, 1.165) is 10.9 Å². The fourth-order valence-corrected chi connectivity index (χ4v) is 2.50. The fourth-order valence-electron chi connectivity index (χ4n) is 2.50. The maximum Gasteiger partial charge on any atom is 0.345 e. The summed E-state index contributed by atoms with van der Waals surface area (Å²) in [7, 11) is 1.53. The van der Waals surface area contributed by atoms with Crippen molar-refractivity contribution in [1.29, 1.82) is 0 Å². The molecule has 0 unspecified atom stereocenters. The van der Waals surface area contributed by atoms with Gasteiger partial charge in [0.25, 0.3) is 0 Å². The summed E-state index contributed by atoms with van der Waals surface area (Å²) in [6.07, 6.45) is 2.90. The van der Waals surface area contributed by atoms with Gasteiger partial charge in [-0.2, -0.15) is 5.10 Å². The van der Waals surface area contributed by atoms with Crippen molar-refractivity contribution in [3.63, 3.8) is 0 Å². The van der Waals surface area contributed by atoms with Gasteiger partial charge in [-0.1, -0.05) is 0 Å². The van der Waals surface area contributed by atoms with Crippen molar-refractivity contribution in [3.05, 3.63) is 30.2 Å². The quantitative estimate of drug-likeness (QED) is 0.563. The molecule has 10 nitrogen and oxygen atoms in total. The van der Waals surface area contributed by atoms with Crippen LogP contribution in [0.5, 0.6) is 5.75 Å². The zero-order chi connectivity index (χ0) is 19.4. The van der Waals surface area contributed by atoms with E-state index in [4.69, 9.17) is 9.47 Å². The number of aromatic nitrogens is 4. The Morgan fingerprint density at radius 1 is 1.22 bits per heavy atom. The first-order chi connectivity index (χ1) is 13.0. The highest BCUT2D eigenvalue weighted by molar-refractivity contribution is 6.04. The highest BCUT2D eigenvalue weighted by Crippen LogP contribution is 2.33. The van der Waals surface area contributed by atoms with Crippen molar-refractivity contribution in [1.82, 2.24) is 20.2 Å². The number of ether oxygens (including phenoxy) is 2. The van der Waals surface area contributed by atoms with Gasteiger partial charge in [-0.05, 0) is 13.0 Å². The first-order valence-corrected chi connectivity index (χ1v) is 8.11. The third-order valence-corrected chi connectivity index (χ3v) is 3.63. The molecule has 2 heterocycles. The number of H-pyrrole nitrogens is 1. The summed E-state index contributed by atoms with van der Waals surface area (Å²) in [5, 5.41) is 13.3. The van der Waals surface area contributed by atoms with Crippen molar-refractivity contribution in [2.75, 3.05) is 24.4 Å². The second kappa shape index (κ2) is 7.68. The Morgan fingerprint density at radius 2 is 2.00 bits per heavy atom. The molecule has 3 rings (SSSR count). The fraction of sp³-hybridized carbons (Fsp3) is 0.235. The molecule has 2 aromatic heterocycles. The first-order valence-electron chi connectivity index (χ1n) is 8.11. The van der Waals surface area contributed by atoms with Gasteiger partial charge in [0.15, 0.2) is 11.6 Å². The summed E-state index contributed by atoms with van der Waals surface area (Å²) in [5.41, 5.74) is 1.37. The molecule has 0 aliphatic heterocycles. The van der Waals surface area contributed by atoms with Gasteiger partial charge in [-0.15, -0.1) is 0 Å². The average Bonchev–Trinajstić information content (AvgIpc) is 3.08. The van der Waals surface area contributed by atoms with Crippen LogP contribution < -0.4 is 15.4 Å². The topological polar surface area (TPSA) is 131 Å². The van der Waals surface area contributed by atoms with Crippen LogP contribution in [0, 0.1) is 0 Å². The van der Waals surface area contributed by atoms with Crippen molar-refractivity contribution in [2.24, 2.45) is 0 Å². The molecule has 1 aromatic carbocycles. The average molecular weight is 370 g/mol. The predicted octanol–water partition coefficient (Wildman–Crippen LogP) is 2.24. The lowest BCUT2D eigenvalue weighted by Gasteiger charge is -2.15. The van der Waals surface area contributed by atoms with Crippen molar-refractivity contribution in [3.8, 4) is 5.75 Å². The number of benzene rings is 1. The largest absolute Gasteiger partial charge is 0.494 e. The minimum absolute atomic E-state index is 0.0175. The van der Waals surface area contributed by atoms with E-state index in [0.29, 0.717) is 11.4 Å². The lowest BCUT2D eigenvalue weighted by atomic mass is 10.2. The minimum atomic E-state index is -0.660. The number of carbonyl (C=O) groups is 2. The molecule has 0 fully saturated rings. The van der Waals surface area contributed by atoms with Crippen LogP contribution in [0.15, 0.2) is 24.7 Å². The lowest BCUT2D eigenvalue weighted by Crippen LogP contribution is -2.17. The Balaban J connectivity index is 2.08. The summed E-state index contributed by atoms with van der Waals surface area (Å²) in [6, 6.07) is 3.57. The van der Waals surface area contributed by atoms with Crippen LogP contribution >= 0.6 is 0 Å². The Morgan fingerprint density at radius 3 is 2.70 bits per heavy atom. The molecular formula is C17H18N6O4. The van der Waals surface area contributed by atoms with E-state index in [2.05, 4.69) is 30.8 Å². The van der Waals surface area contributed by atoms with Gasteiger partial charge in [0, 0.05) is 18.4 Å². The number of fused-ring (bicyclic) bond motifs is 1. The predicted molar refractivity (Wildman–Crippen MR) is 98.2 cm³/mol. The number of aromatic amines is 1. The molecule has 0 radical (unpaired) electrons. The molecule has 0 spiro atoms. The van der Waals surface area contributed by atoms with Crippen LogP contribution in [0.25, 0.3) is 10.9 Å². The van der Waals surface area contributed by atoms with Gasteiger partial charge >= 0.3 is 5.97 Å². The molecule has 0 atom stereocenters. The molecule has 3 N–H and O–H groups in total. The molecule has 140 valence electrons. The Labute approximate surface area is 154 Å². The number of anilines is 3. The molecule has 1 amide bonds. The molecule has 0 aliphatic carbocycles. The number of carbonyl (C=O) groups excluding carboxylic acids is 2. The Hall–Kier alpha value is -3.69. The summed E-state index contributed by atoms with van der Waals surface area (Å²) >= 11 is 0. The number of nitrogens with zero attached hydrogens (tertiary/aromatic N) is 3. The van der Waals surface area contributed by atoms with Crippen molar-refractivity contribution < 1.29 is 19.1 Å². The van der Waals surface area contributed by atoms with Crippen LogP contribution in [0.4, 0.5) is 17.3 Å². The first kappa shape index (κ1) is 18.1. The van der Waals surface area contributed by atoms with Crippen LogP contribution in [-0.4, -0.2) is 45.8 Å². The third-order valence-electron chi connectivity index (χ3n) is 3.63. The molecule has 27 heavy (non-hydrogen) atoms. The zero-order valence-electron chi connectivity index (χ0n) is 15.0. The second-order valence-electron chi connectivity index (χ2n) is 5.48. The molecule has 0 aliphatic rings. The van der Waals surface area contributed by atoms with E-state index in [1.807, 2.05) is 0 Å². The standard InChI is InChI=1S/C17H18N6O4/c1-4-27-17(25)14-15(21-9(2)24)18-8-19-16(14)22-12-5-10-7-20-23-11(10)6-13(12)26-3/h5-8H,4H2,1-3H3,(H,20,23)(H2,18,19,21,22,24). The highest BCUT2D eigenvalue weighted by atomic mass is 16.5. The maximum atomic E-state index is 12.4. The number of hydrogen-bond acceptors (Lipinski definition) is 8. The van der Waals surface area contributed by atoms with Gasteiger partial charge in [0.1, 0.15) is 17.6 Å². The number of methoxy groups -OCH3 is 1. The van der Waals surface area contributed by atoms with Gasteiger partial charge in [-0.25, -0.2) is 14.8 Å². The molecule has 0 saturated heterocycles. The van der Waals surface area contributed by atoms with E-state index in [-0.39, 0.29) is 29.7 Å². The minimum Gasteiger partial charge on any atom is -0.494 e.